The van der Waals surface area contributed by atoms with E-state index in [4.69, 9.17) is 0 Å². The molecule has 25 heavy (non-hydrogen) atoms. The van der Waals surface area contributed by atoms with Gasteiger partial charge in [-0.1, -0.05) is 19.3 Å². The summed E-state index contributed by atoms with van der Waals surface area (Å²) in [6, 6.07) is 0.930. The smallest absolute Gasteiger partial charge is 0.237 e. The van der Waals surface area contributed by atoms with Gasteiger partial charge in [-0.2, -0.15) is 5.10 Å². The Morgan fingerprint density at radius 1 is 1.00 bits per heavy atom. The molecule has 0 bridgehead atoms. The van der Waals surface area contributed by atoms with Gasteiger partial charge < -0.3 is 4.90 Å². The molecule has 3 fully saturated rings. The number of hydrogen-bond donors (Lipinski definition) is 0. The van der Waals surface area contributed by atoms with Crippen LogP contribution in [0, 0.1) is 5.92 Å². The summed E-state index contributed by atoms with van der Waals surface area (Å²) in [5, 5.41) is 4.25. The molecule has 3 atom stereocenters. The van der Waals surface area contributed by atoms with Crippen LogP contribution in [0.5, 0.6) is 0 Å². The summed E-state index contributed by atoms with van der Waals surface area (Å²) in [6.07, 6.45) is 14.7. The lowest BCUT2D eigenvalue weighted by molar-refractivity contribution is -0.139. The average molecular weight is 345 g/mol. The zero-order valence-electron chi connectivity index (χ0n) is 15.2. The predicted molar refractivity (Wildman–Crippen MR) is 95.9 cm³/mol. The largest absolute Gasteiger partial charge is 0.338 e. The van der Waals surface area contributed by atoms with Crippen molar-refractivity contribution in [1.29, 1.82) is 0 Å². The molecule has 1 aromatic rings. The highest BCUT2D eigenvalue weighted by molar-refractivity contribution is 5.78. The number of likely N-dealkylation sites (tertiary alicyclic amines) is 2. The fraction of sp³-hybridized carbons (Fsp3) is 0.842. The molecule has 2 saturated heterocycles. The van der Waals surface area contributed by atoms with E-state index in [1.807, 2.05) is 4.68 Å². The average Bonchev–Trinajstić information content (AvgIpc) is 3.16. The van der Waals surface area contributed by atoms with E-state index in [9.17, 15) is 4.79 Å². The molecule has 3 heterocycles. The number of carbonyl (C=O) groups excluding carboxylic acids is 1. The molecule has 1 aliphatic carbocycles. The highest BCUT2D eigenvalue weighted by atomic mass is 16.2. The monoisotopic (exact) mass is 345 g/mol. The minimum Gasteiger partial charge on any atom is -0.338 e. The molecular formula is C19H31N5O. The fourth-order valence-electron chi connectivity index (χ4n) is 5.22. The topological polar surface area (TPSA) is 54.3 Å². The van der Waals surface area contributed by atoms with Gasteiger partial charge in [-0.05, 0) is 51.0 Å². The summed E-state index contributed by atoms with van der Waals surface area (Å²) in [7, 11) is 0. The van der Waals surface area contributed by atoms with Gasteiger partial charge in [0.05, 0.1) is 13.1 Å². The van der Waals surface area contributed by atoms with Crippen molar-refractivity contribution in [2.45, 2.75) is 76.4 Å². The van der Waals surface area contributed by atoms with E-state index in [0.717, 1.165) is 32.0 Å². The molecule has 0 unspecified atom stereocenters. The molecule has 1 amide bonds. The van der Waals surface area contributed by atoms with Gasteiger partial charge >= 0.3 is 0 Å². The number of hydrogen-bond acceptors (Lipinski definition) is 4. The van der Waals surface area contributed by atoms with Gasteiger partial charge in [0, 0.05) is 18.6 Å². The molecule has 3 aliphatic rings. The highest BCUT2D eigenvalue weighted by Gasteiger charge is 2.36. The van der Waals surface area contributed by atoms with Crippen LogP contribution in [0.15, 0.2) is 12.7 Å². The van der Waals surface area contributed by atoms with Gasteiger partial charge in [0.1, 0.15) is 12.7 Å². The SMILES string of the molecule is O=C(CN1CCCC[C@@H]1Cn1cncn1)N1CCC[C@H]2CCCC[C@H]21. The zero-order valence-corrected chi connectivity index (χ0v) is 15.2. The van der Waals surface area contributed by atoms with E-state index in [2.05, 4.69) is 19.9 Å². The Hall–Kier alpha value is -1.43. The van der Waals surface area contributed by atoms with E-state index in [0.29, 0.717) is 24.5 Å². The molecule has 0 spiro atoms. The maximum atomic E-state index is 13.1. The maximum Gasteiger partial charge on any atom is 0.237 e. The molecule has 4 rings (SSSR count). The lowest BCUT2D eigenvalue weighted by Gasteiger charge is -2.45. The van der Waals surface area contributed by atoms with Crippen molar-refractivity contribution in [1.82, 2.24) is 24.6 Å². The third kappa shape index (κ3) is 3.89. The van der Waals surface area contributed by atoms with Crippen LogP contribution in [-0.4, -0.2) is 62.2 Å². The van der Waals surface area contributed by atoms with Crippen LogP contribution in [0.25, 0.3) is 0 Å². The van der Waals surface area contributed by atoms with Crippen molar-refractivity contribution >= 4 is 5.91 Å². The van der Waals surface area contributed by atoms with Crippen molar-refractivity contribution in [3.05, 3.63) is 12.7 Å². The van der Waals surface area contributed by atoms with Crippen molar-refractivity contribution in [2.24, 2.45) is 5.92 Å². The van der Waals surface area contributed by atoms with E-state index >= 15 is 0 Å². The quantitative estimate of drug-likeness (QED) is 0.840. The van der Waals surface area contributed by atoms with Gasteiger partial charge in [0.25, 0.3) is 0 Å². The van der Waals surface area contributed by atoms with Crippen LogP contribution < -0.4 is 0 Å². The second-order valence-electron chi connectivity index (χ2n) is 8.08. The molecule has 0 N–H and O–H groups in total. The third-order valence-corrected chi connectivity index (χ3v) is 6.52. The van der Waals surface area contributed by atoms with E-state index in [-0.39, 0.29) is 0 Å². The number of nitrogens with zero attached hydrogens (tertiary/aromatic N) is 5. The van der Waals surface area contributed by atoms with Crippen LogP contribution in [0.1, 0.15) is 57.8 Å². The minimum absolute atomic E-state index is 0.363. The van der Waals surface area contributed by atoms with Gasteiger partial charge in [-0.15, -0.1) is 0 Å². The third-order valence-electron chi connectivity index (χ3n) is 6.52. The lowest BCUT2D eigenvalue weighted by atomic mass is 9.78. The van der Waals surface area contributed by atoms with Crippen molar-refractivity contribution < 1.29 is 4.79 Å². The van der Waals surface area contributed by atoms with Crippen LogP contribution in [-0.2, 0) is 11.3 Å². The lowest BCUT2D eigenvalue weighted by Crippen LogP contribution is -2.54. The van der Waals surface area contributed by atoms with Gasteiger partial charge in [0.15, 0.2) is 0 Å². The Morgan fingerprint density at radius 3 is 2.72 bits per heavy atom. The highest BCUT2D eigenvalue weighted by Crippen LogP contribution is 2.35. The summed E-state index contributed by atoms with van der Waals surface area (Å²) in [4.78, 5) is 21.8. The van der Waals surface area contributed by atoms with Gasteiger partial charge in [-0.3, -0.25) is 14.4 Å². The van der Waals surface area contributed by atoms with Crippen LogP contribution in [0.4, 0.5) is 0 Å². The number of fused-ring (bicyclic) bond motifs is 1. The first-order valence-corrected chi connectivity index (χ1v) is 10.2. The minimum atomic E-state index is 0.363. The second-order valence-corrected chi connectivity index (χ2v) is 8.08. The van der Waals surface area contributed by atoms with Crippen LogP contribution in [0.3, 0.4) is 0 Å². The van der Waals surface area contributed by atoms with Crippen molar-refractivity contribution in [2.75, 3.05) is 19.6 Å². The Bertz CT molecular complexity index is 558. The van der Waals surface area contributed by atoms with E-state index in [1.54, 1.807) is 12.7 Å². The van der Waals surface area contributed by atoms with Crippen LogP contribution in [0.2, 0.25) is 0 Å². The summed E-state index contributed by atoms with van der Waals surface area (Å²) in [6.45, 7) is 3.44. The maximum absolute atomic E-state index is 13.1. The summed E-state index contributed by atoms with van der Waals surface area (Å²) in [5.74, 6) is 1.13. The molecule has 0 aromatic carbocycles. The first kappa shape index (κ1) is 17.0. The van der Waals surface area contributed by atoms with Gasteiger partial charge in [-0.25, -0.2) is 4.98 Å². The van der Waals surface area contributed by atoms with E-state index < -0.39 is 0 Å². The number of amides is 1. The molecule has 6 heteroatoms. The van der Waals surface area contributed by atoms with E-state index in [1.165, 1.54) is 51.4 Å². The zero-order chi connectivity index (χ0) is 17.1. The number of piperidine rings is 2. The van der Waals surface area contributed by atoms with Crippen molar-refractivity contribution in [3.8, 4) is 0 Å². The predicted octanol–water partition coefficient (Wildman–Crippen LogP) is 2.31. The standard InChI is InChI=1S/C19H31N5O/c25-19(24-11-5-7-16-6-1-2-9-18(16)24)13-22-10-4-3-8-17(22)12-23-15-20-14-21-23/h14-18H,1-13H2/t16-,17-,18-/m1/s1. The number of rotatable bonds is 4. The van der Waals surface area contributed by atoms with Crippen LogP contribution >= 0.6 is 0 Å². The Labute approximate surface area is 150 Å². The molecule has 2 aliphatic heterocycles. The summed E-state index contributed by atoms with van der Waals surface area (Å²) >= 11 is 0. The molecular weight excluding hydrogens is 314 g/mol. The first-order valence-electron chi connectivity index (χ1n) is 10.2. The van der Waals surface area contributed by atoms with Gasteiger partial charge in [0.2, 0.25) is 5.91 Å². The molecule has 0 radical (unpaired) electrons. The summed E-state index contributed by atoms with van der Waals surface area (Å²) < 4.78 is 1.91. The Kier molecular flexibility index (Phi) is 5.34. The molecule has 138 valence electrons. The Balaban J connectivity index is 1.39. The molecule has 6 nitrogen and oxygen atoms in total. The van der Waals surface area contributed by atoms with Crippen molar-refractivity contribution in [3.63, 3.8) is 0 Å². The first-order chi connectivity index (χ1) is 12.3. The Morgan fingerprint density at radius 2 is 1.84 bits per heavy atom. The normalized spacial score (nSPS) is 30.9. The second kappa shape index (κ2) is 7.85. The fourth-order valence-corrected chi connectivity index (χ4v) is 5.22. The molecule has 1 aromatic heterocycles. The summed E-state index contributed by atoms with van der Waals surface area (Å²) in [5.41, 5.74) is 0. The number of aromatic nitrogens is 3. The molecule has 1 saturated carbocycles. The number of carbonyl (C=O) groups is 1.